The highest BCUT2D eigenvalue weighted by atomic mass is 16.5. The number of carbonyl (C=O) groups excluding carboxylic acids is 1. The van der Waals surface area contributed by atoms with Crippen molar-refractivity contribution in [3.63, 3.8) is 0 Å². The number of benzene rings is 2. The van der Waals surface area contributed by atoms with Crippen LogP contribution in [0.4, 0.5) is 0 Å². The Balaban J connectivity index is 1.94. The Labute approximate surface area is 149 Å². The van der Waals surface area contributed by atoms with E-state index in [1.54, 1.807) is 7.11 Å². The van der Waals surface area contributed by atoms with Gasteiger partial charge < -0.3 is 9.64 Å². The summed E-state index contributed by atoms with van der Waals surface area (Å²) in [5, 5.41) is 0. The van der Waals surface area contributed by atoms with Crippen LogP contribution >= 0.6 is 0 Å². The van der Waals surface area contributed by atoms with Crippen LogP contribution in [0, 0.1) is 0 Å². The summed E-state index contributed by atoms with van der Waals surface area (Å²) in [7, 11) is 1.66. The molecule has 0 radical (unpaired) electrons. The van der Waals surface area contributed by atoms with Gasteiger partial charge in [-0.05, 0) is 42.2 Å². The number of nitrogens with zero attached hydrogens (tertiary/aromatic N) is 1. The van der Waals surface area contributed by atoms with Crippen molar-refractivity contribution in [2.24, 2.45) is 0 Å². The van der Waals surface area contributed by atoms with Crippen molar-refractivity contribution in [3.05, 3.63) is 65.7 Å². The third kappa shape index (κ3) is 4.50. The van der Waals surface area contributed by atoms with E-state index in [1.165, 1.54) is 12.8 Å². The number of rotatable bonds is 4. The van der Waals surface area contributed by atoms with Crippen molar-refractivity contribution in [3.8, 4) is 5.75 Å². The molecule has 1 heterocycles. The Morgan fingerprint density at radius 3 is 2.16 bits per heavy atom. The molecule has 2 aromatic rings. The molecule has 0 spiro atoms. The smallest absolute Gasteiger partial charge is 0.254 e. The van der Waals surface area contributed by atoms with E-state index in [2.05, 4.69) is 0 Å². The number of hydrogen-bond donors (Lipinski definition) is 0. The number of ether oxygens (including phenoxy) is 1. The molecule has 2 aromatic carbocycles. The first kappa shape index (κ1) is 17.3. The van der Waals surface area contributed by atoms with Crippen molar-refractivity contribution in [2.45, 2.75) is 25.7 Å². The summed E-state index contributed by atoms with van der Waals surface area (Å²) in [6, 6.07) is 17.8. The second-order valence-electron chi connectivity index (χ2n) is 6.40. The summed E-state index contributed by atoms with van der Waals surface area (Å²) in [6.45, 7) is 1.71. The van der Waals surface area contributed by atoms with Crippen LogP contribution in [0.25, 0.3) is 11.6 Å². The number of likely N-dealkylation sites (tertiary alicyclic amines) is 1. The minimum Gasteiger partial charge on any atom is -0.497 e. The Kier molecular flexibility index (Phi) is 5.89. The van der Waals surface area contributed by atoms with Crippen molar-refractivity contribution in [2.75, 3.05) is 20.2 Å². The van der Waals surface area contributed by atoms with E-state index in [9.17, 15) is 4.79 Å². The zero-order chi connectivity index (χ0) is 17.5. The zero-order valence-corrected chi connectivity index (χ0v) is 14.8. The van der Waals surface area contributed by atoms with Crippen LogP contribution in [-0.2, 0) is 4.79 Å². The van der Waals surface area contributed by atoms with Gasteiger partial charge in [0, 0.05) is 18.7 Å². The largest absolute Gasteiger partial charge is 0.497 e. The van der Waals surface area contributed by atoms with E-state index < -0.39 is 0 Å². The van der Waals surface area contributed by atoms with E-state index in [1.807, 2.05) is 65.6 Å². The van der Waals surface area contributed by atoms with Gasteiger partial charge in [0.15, 0.2) is 0 Å². The average molecular weight is 335 g/mol. The van der Waals surface area contributed by atoms with Gasteiger partial charge in [0.1, 0.15) is 5.75 Å². The van der Waals surface area contributed by atoms with Crippen molar-refractivity contribution >= 4 is 17.6 Å². The maximum absolute atomic E-state index is 13.2. The number of amides is 1. The number of methoxy groups -OCH3 is 1. The molecular weight excluding hydrogens is 310 g/mol. The summed E-state index contributed by atoms with van der Waals surface area (Å²) >= 11 is 0. The highest BCUT2D eigenvalue weighted by Gasteiger charge is 2.20. The van der Waals surface area contributed by atoms with E-state index in [-0.39, 0.29) is 5.91 Å². The van der Waals surface area contributed by atoms with Gasteiger partial charge in [0.05, 0.1) is 7.11 Å². The molecule has 1 saturated heterocycles. The normalized spacial score (nSPS) is 15.6. The van der Waals surface area contributed by atoms with E-state index in [4.69, 9.17) is 4.74 Å². The topological polar surface area (TPSA) is 29.5 Å². The summed E-state index contributed by atoms with van der Waals surface area (Å²) in [5.74, 6) is 0.946. The third-order valence-corrected chi connectivity index (χ3v) is 4.64. The molecule has 1 aliphatic heterocycles. The molecule has 0 N–H and O–H groups in total. The first-order chi connectivity index (χ1) is 12.3. The summed E-state index contributed by atoms with van der Waals surface area (Å²) in [5.41, 5.74) is 2.73. The Bertz CT molecular complexity index is 711. The van der Waals surface area contributed by atoms with Crippen molar-refractivity contribution < 1.29 is 9.53 Å². The van der Waals surface area contributed by atoms with Crippen molar-refractivity contribution in [1.29, 1.82) is 0 Å². The molecule has 3 heteroatoms. The molecule has 130 valence electrons. The molecule has 3 rings (SSSR count). The molecular formula is C22H25NO2. The maximum Gasteiger partial charge on any atom is 0.254 e. The fourth-order valence-electron chi connectivity index (χ4n) is 3.20. The minimum atomic E-state index is 0.129. The van der Waals surface area contributed by atoms with Gasteiger partial charge in [-0.15, -0.1) is 0 Å². The molecule has 1 amide bonds. The lowest BCUT2D eigenvalue weighted by atomic mass is 10.0. The van der Waals surface area contributed by atoms with Crippen molar-refractivity contribution in [1.82, 2.24) is 4.90 Å². The summed E-state index contributed by atoms with van der Waals surface area (Å²) in [4.78, 5) is 15.2. The van der Waals surface area contributed by atoms with Gasteiger partial charge in [-0.2, -0.15) is 0 Å². The van der Waals surface area contributed by atoms with E-state index >= 15 is 0 Å². The minimum absolute atomic E-state index is 0.129. The second-order valence-corrected chi connectivity index (χ2v) is 6.40. The number of carbonyl (C=O) groups is 1. The summed E-state index contributed by atoms with van der Waals surface area (Å²) in [6.07, 6.45) is 6.61. The fraction of sp³-hybridized carbons (Fsp3) is 0.318. The highest BCUT2D eigenvalue weighted by molar-refractivity contribution is 6.24. The maximum atomic E-state index is 13.2. The molecule has 0 atom stereocenters. The molecule has 1 fully saturated rings. The van der Waals surface area contributed by atoms with E-state index in [0.717, 1.165) is 48.4 Å². The third-order valence-electron chi connectivity index (χ3n) is 4.64. The lowest BCUT2D eigenvalue weighted by Gasteiger charge is -2.22. The van der Waals surface area contributed by atoms with Gasteiger partial charge in [-0.25, -0.2) is 0 Å². The predicted molar refractivity (Wildman–Crippen MR) is 102 cm³/mol. The van der Waals surface area contributed by atoms with Crippen LogP contribution in [0.1, 0.15) is 36.8 Å². The molecule has 0 unspecified atom stereocenters. The van der Waals surface area contributed by atoms with Gasteiger partial charge in [-0.1, -0.05) is 55.3 Å². The van der Waals surface area contributed by atoms with Crippen LogP contribution in [0.2, 0.25) is 0 Å². The standard InChI is InChI=1S/C22H25NO2/c1-25-20-13-11-18(12-14-20)17-21(19-9-5-4-6-10-19)22(24)23-15-7-2-3-8-16-23/h4-6,9-14,17H,2-3,7-8,15-16H2,1H3/b21-17+. The lowest BCUT2D eigenvalue weighted by molar-refractivity contribution is -0.124. The molecule has 3 nitrogen and oxygen atoms in total. The van der Waals surface area contributed by atoms with Gasteiger partial charge in [0.25, 0.3) is 5.91 Å². The average Bonchev–Trinajstić information content (AvgIpc) is 2.96. The molecule has 0 aliphatic carbocycles. The molecule has 0 saturated carbocycles. The van der Waals surface area contributed by atoms with Gasteiger partial charge in [0.2, 0.25) is 0 Å². The lowest BCUT2D eigenvalue weighted by Crippen LogP contribution is -2.32. The Morgan fingerprint density at radius 1 is 0.920 bits per heavy atom. The molecule has 0 aromatic heterocycles. The monoisotopic (exact) mass is 335 g/mol. The zero-order valence-electron chi connectivity index (χ0n) is 14.8. The molecule has 1 aliphatic rings. The Hall–Kier alpha value is -2.55. The molecule has 0 bridgehead atoms. The highest BCUT2D eigenvalue weighted by Crippen LogP contribution is 2.23. The second kappa shape index (κ2) is 8.52. The van der Waals surface area contributed by atoms with Crippen LogP contribution in [-0.4, -0.2) is 31.0 Å². The fourth-order valence-corrected chi connectivity index (χ4v) is 3.20. The van der Waals surface area contributed by atoms with Crippen LogP contribution in [0.15, 0.2) is 54.6 Å². The quantitative estimate of drug-likeness (QED) is 0.602. The SMILES string of the molecule is COc1ccc(/C=C(/C(=O)N2CCCCCC2)c2ccccc2)cc1. The predicted octanol–water partition coefficient (Wildman–Crippen LogP) is 4.64. The molecule has 25 heavy (non-hydrogen) atoms. The summed E-state index contributed by atoms with van der Waals surface area (Å²) < 4.78 is 5.22. The van der Waals surface area contributed by atoms with Crippen LogP contribution in [0.5, 0.6) is 5.75 Å². The number of hydrogen-bond acceptors (Lipinski definition) is 2. The van der Waals surface area contributed by atoms with Crippen LogP contribution < -0.4 is 4.74 Å². The van der Waals surface area contributed by atoms with Gasteiger partial charge in [-0.3, -0.25) is 4.79 Å². The first-order valence-electron chi connectivity index (χ1n) is 8.98. The van der Waals surface area contributed by atoms with E-state index in [0.29, 0.717) is 0 Å². The van der Waals surface area contributed by atoms with Gasteiger partial charge >= 0.3 is 0 Å². The first-order valence-corrected chi connectivity index (χ1v) is 8.98. The van der Waals surface area contributed by atoms with Crippen LogP contribution in [0.3, 0.4) is 0 Å². The Morgan fingerprint density at radius 2 is 1.56 bits per heavy atom.